The Bertz CT molecular complexity index is 286. The van der Waals surface area contributed by atoms with Crippen molar-refractivity contribution in [3.05, 3.63) is 35.9 Å². The normalized spacial score (nSPS) is 25.7. The fourth-order valence-electron chi connectivity index (χ4n) is 2.35. The number of rotatable bonds is 4. The van der Waals surface area contributed by atoms with Crippen molar-refractivity contribution in [2.45, 2.75) is 25.3 Å². The predicted molar refractivity (Wildman–Crippen MR) is 61.6 cm³/mol. The highest BCUT2D eigenvalue weighted by molar-refractivity contribution is 5.19. The van der Waals surface area contributed by atoms with Gasteiger partial charge in [0.05, 0.1) is 0 Å². The van der Waals surface area contributed by atoms with E-state index < -0.39 is 0 Å². The van der Waals surface area contributed by atoms with Gasteiger partial charge in [0.2, 0.25) is 0 Å². The van der Waals surface area contributed by atoms with E-state index in [1.54, 1.807) is 0 Å². The summed E-state index contributed by atoms with van der Waals surface area (Å²) >= 11 is 0. The molecule has 0 aromatic heterocycles. The molecule has 1 aromatic carbocycles. The van der Waals surface area contributed by atoms with Crippen LogP contribution in [0.3, 0.4) is 0 Å². The number of nitrogens with one attached hydrogen (secondary N) is 1. The molecule has 0 aliphatic carbocycles. The van der Waals surface area contributed by atoms with E-state index in [4.69, 9.17) is 5.11 Å². The topological polar surface area (TPSA) is 32.3 Å². The second kappa shape index (κ2) is 5.29. The second-order valence-corrected chi connectivity index (χ2v) is 4.34. The summed E-state index contributed by atoms with van der Waals surface area (Å²) in [5, 5.41) is 12.3. The van der Waals surface area contributed by atoms with Gasteiger partial charge in [-0.3, -0.25) is 0 Å². The SMILES string of the molecule is OCCCC1CNC(c2ccccc2)C1. The number of hydrogen-bond donors (Lipinski definition) is 2. The molecule has 2 unspecified atom stereocenters. The molecule has 15 heavy (non-hydrogen) atoms. The number of aliphatic hydroxyl groups is 1. The predicted octanol–water partition coefficient (Wildman–Crippen LogP) is 2.11. The molecule has 1 aromatic rings. The molecule has 1 fully saturated rings. The minimum absolute atomic E-state index is 0.326. The Morgan fingerprint density at radius 2 is 2.07 bits per heavy atom. The number of benzene rings is 1. The largest absolute Gasteiger partial charge is 0.396 e. The second-order valence-electron chi connectivity index (χ2n) is 4.34. The summed E-state index contributed by atoms with van der Waals surface area (Å²) in [5.74, 6) is 0.738. The molecule has 0 saturated carbocycles. The molecule has 2 atom stereocenters. The van der Waals surface area contributed by atoms with E-state index in [1.165, 1.54) is 12.0 Å². The third-order valence-electron chi connectivity index (χ3n) is 3.19. The van der Waals surface area contributed by atoms with Crippen LogP contribution in [0.5, 0.6) is 0 Å². The van der Waals surface area contributed by atoms with E-state index in [9.17, 15) is 0 Å². The van der Waals surface area contributed by atoms with Gasteiger partial charge in [0.1, 0.15) is 0 Å². The fraction of sp³-hybridized carbons (Fsp3) is 0.538. The average Bonchev–Trinajstić information content (AvgIpc) is 2.76. The Morgan fingerprint density at radius 1 is 1.27 bits per heavy atom. The summed E-state index contributed by atoms with van der Waals surface area (Å²) < 4.78 is 0. The van der Waals surface area contributed by atoms with Crippen LogP contribution in [0.2, 0.25) is 0 Å². The van der Waals surface area contributed by atoms with Crippen molar-refractivity contribution < 1.29 is 5.11 Å². The van der Waals surface area contributed by atoms with Gasteiger partial charge < -0.3 is 10.4 Å². The van der Waals surface area contributed by atoms with Gasteiger partial charge in [0.25, 0.3) is 0 Å². The van der Waals surface area contributed by atoms with Crippen LogP contribution in [0, 0.1) is 5.92 Å². The lowest BCUT2D eigenvalue weighted by molar-refractivity contribution is 0.273. The Balaban J connectivity index is 1.87. The fourth-order valence-corrected chi connectivity index (χ4v) is 2.35. The maximum absolute atomic E-state index is 8.79. The third kappa shape index (κ3) is 2.80. The standard InChI is InChI=1S/C13H19NO/c15-8-4-5-11-9-13(14-10-11)12-6-2-1-3-7-12/h1-3,6-7,11,13-15H,4-5,8-10H2. The number of aliphatic hydroxyl groups excluding tert-OH is 1. The zero-order valence-corrected chi connectivity index (χ0v) is 9.02. The van der Waals surface area contributed by atoms with E-state index in [-0.39, 0.29) is 0 Å². The van der Waals surface area contributed by atoms with Crippen LogP contribution >= 0.6 is 0 Å². The van der Waals surface area contributed by atoms with Gasteiger partial charge in [-0.25, -0.2) is 0 Å². The molecule has 0 radical (unpaired) electrons. The Hall–Kier alpha value is -0.860. The highest BCUT2D eigenvalue weighted by Gasteiger charge is 2.24. The van der Waals surface area contributed by atoms with Crippen LogP contribution in [0.15, 0.2) is 30.3 Å². The van der Waals surface area contributed by atoms with Crippen LogP contribution in [0.1, 0.15) is 30.9 Å². The van der Waals surface area contributed by atoms with Crippen molar-refractivity contribution in [2.24, 2.45) is 5.92 Å². The summed E-state index contributed by atoms with van der Waals surface area (Å²) in [6, 6.07) is 11.1. The summed E-state index contributed by atoms with van der Waals surface area (Å²) in [6.07, 6.45) is 3.30. The molecule has 0 amide bonds. The zero-order valence-electron chi connectivity index (χ0n) is 9.02. The molecular formula is C13H19NO. The van der Waals surface area contributed by atoms with E-state index in [2.05, 4.69) is 35.6 Å². The minimum Gasteiger partial charge on any atom is -0.396 e. The Labute approximate surface area is 91.3 Å². The first-order valence-corrected chi connectivity index (χ1v) is 5.79. The summed E-state index contributed by atoms with van der Waals surface area (Å²) in [4.78, 5) is 0. The summed E-state index contributed by atoms with van der Waals surface area (Å²) in [6.45, 7) is 1.42. The molecule has 2 rings (SSSR count). The maximum atomic E-state index is 8.79. The first-order valence-electron chi connectivity index (χ1n) is 5.79. The highest BCUT2D eigenvalue weighted by Crippen LogP contribution is 2.29. The van der Waals surface area contributed by atoms with Crippen LogP contribution in [-0.4, -0.2) is 18.3 Å². The van der Waals surface area contributed by atoms with E-state index in [0.29, 0.717) is 12.6 Å². The van der Waals surface area contributed by atoms with Crippen molar-refractivity contribution in [2.75, 3.05) is 13.2 Å². The van der Waals surface area contributed by atoms with Crippen LogP contribution in [-0.2, 0) is 0 Å². The molecule has 1 heterocycles. The van der Waals surface area contributed by atoms with Crippen LogP contribution in [0.25, 0.3) is 0 Å². The van der Waals surface area contributed by atoms with Gasteiger partial charge in [-0.05, 0) is 37.3 Å². The number of hydrogen-bond acceptors (Lipinski definition) is 2. The molecule has 1 aliphatic rings. The average molecular weight is 205 g/mol. The lowest BCUT2D eigenvalue weighted by atomic mass is 9.97. The highest BCUT2D eigenvalue weighted by atomic mass is 16.2. The lowest BCUT2D eigenvalue weighted by Gasteiger charge is -2.10. The molecule has 0 spiro atoms. The van der Waals surface area contributed by atoms with Crippen molar-refractivity contribution >= 4 is 0 Å². The van der Waals surface area contributed by atoms with E-state index in [1.807, 2.05) is 0 Å². The van der Waals surface area contributed by atoms with Crippen LogP contribution in [0.4, 0.5) is 0 Å². The maximum Gasteiger partial charge on any atom is 0.0431 e. The van der Waals surface area contributed by atoms with Crippen molar-refractivity contribution in [3.63, 3.8) is 0 Å². The first-order chi connectivity index (χ1) is 7.40. The van der Waals surface area contributed by atoms with Gasteiger partial charge in [0.15, 0.2) is 0 Å². The molecule has 2 N–H and O–H groups in total. The molecule has 0 bridgehead atoms. The summed E-state index contributed by atoms with van der Waals surface area (Å²) in [7, 11) is 0. The van der Waals surface area contributed by atoms with E-state index >= 15 is 0 Å². The Kier molecular flexibility index (Phi) is 3.75. The zero-order chi connectivity index (χ0) is 10.5. The minimum atomic E-state index is 0.326. The first kappa shape index (κ1) is 10.7. The summed E-state index contributed by atoms with van der Waals surface area (Å²) in [5.41, 5.74) is 1.39. The molecule has 1 saturated heterocycles. The van der Waals surface area contributed by atoms with E-state index in [0.717, 1.165) is 25.3 Å². The molecular weight excluding hydrogens is 186 g/mol. The third-order valence-corrected chi connectivity index (χ3v) is 3.19. The van der Waals surface area contributed by atoms with Gasteiger partial charge in [-0.1, -0.05) is 30.3 Å². The van der Waals surface area contributed by atoms with Crippen molar-refractivity contribution in [1.82, 2.24) is 5.32 Å². The monoisotopic (exact) mass is 205 g/mol. The van der Waals surface area contributed by atoms with Gasteiger partial charge in [-0.15, -0.1) is 0 Å². The van der Waals surface area contributed by atoms with Crippen LogP contribution < -0.4 is 5.32 Å². The van der Waals surface area contributed by atoms with Crippen molar-refractivity contribution in [3.8, 4) is 0 Å². The molecule has 2 nitrogen and oxygen atoms in total. The van der Waals surface area contributed by atoms with Gasteiger partial charge in [-0.2, -0.15) is 0 Å². The van der Waals surface area contributed by atoms with Gasteiger partial charge in [0, 0.05) is 12.6 Å². The van der Waals surface area contributed by atoms with Gasteiger partial charge >= 0.3 is 0 Å². The molecule has 1 aliphatic heterocycles. The van der Waals surface area contributed by atoms with Crippen molar-refractivity contribution in [1.29, 1.82) is 0 Å². The molecule has 2 heteroatoms. The Morgan fingerprint density at radius 3 is 2.80 bits per heavy atom. The lowest BCUT2D eigenvalue weighted by Crippen LogP contribution is -2.13. The smallest absolute Gasteiger partial charge is 0.0431 e. The quantitative estimate of drug-likeness (QED) is 0.789. The molecule has 82 valence electrons.